The van der Waals surface area contributed by atoms with E-state index >= 15 is 0 Å². The average Bonchev–Trinajstić information content (AvgIpc) is 3.44. The van der Waals surface area contributed by atoms with Crippen LogP contribution in [0.25, 0.3) is 0 Å². The summed E-state index contributed by atoms with van der Waals surface area (Å²) in [6, 6.07) is 19.2. The minimum absolute atomic E-state index is 0.0391. The van der Waals surface area contributed by atoms with E-state index in [0.29, 0.717) is 5.56 Å². The van der Waals surface area contributed by atoms with Crippen molar-refractivity contribution in [3.8, 4) is 0 Å². The molecule has 3 aromatic carbocycles. The fourth-order valence-corrected chi connectivity index (χ4v) is 7.48. The number of rotatable bonds is 5. The van der Waals surface area contributed by atoms with Gasteiger partial charge in [-0.1, -0.05) is 54.6 Å². The summed E-state index contributed by atoms with van der Waals surface area (Å²) in [5.41, 5.74) is -1.34. The zero-order valence-electron chi connectivity index (χ0n) is 21.6. The SMILES string of the molecule is O=C1[C@@H]2C3C=CC(c4ccccc4)([C@@H]2C(=O)N1c1cccc([N+](=O)[O-])c1)[C@H]1C(=O)N(c2cccc([N+](=O)[O-])c2)C(=O)[C@H]31. The van der Waals surface area contributed by atoms with E-state index in [2.05, 4.69) is 0 Å². The second kappa shape index (κ2) is 8.74. The van der Waals surface area contributed by atoms with Gasteiger partial charge in [-0.15, -0.1) is 0 Å². The molecule has 2 aliphatic heterocycles. The van der Waals surface area contributed by atoms with Crippen LogP contribution in [0.2, 0.25) is 0 Å². The van der Waals surface area contributed by atoms with E-state index in [1.807, 2.05) is 0 Å². The van der Waals surface area contributed by atoms with E-state index in [1.165, 1.54) is 36.4 Å². The van der Waals surface area contributed by atoms with Crippen molar-refractivity contribution in [1.82, 2.24) is 0 Å². The Morgan fingerprint density at radius 2 is 1.10 bits per heavy atom. The minimum atomic E-state index is -1.39. The Bertz CT molecular complexity index is 1680. The molecule has 3 fully saturated rings. The van der Waals surface area contributed by atoms with Crippen LogP contribution in [0.1, 0.15) is 5.56 Å². The molecule has 2 saturated heterocycles. The standard InChI is InChI=1S/C30H20N4O8/c35-26-22-21-12-13-30(16-6-2-1-3-7-16,24(22)28(37)31(26)17-8-4-10-19(14-17)33(39)40)25-23(21)27(36)32(29(25)38)18-9-5-11-20(15-18)34(41)42/h1-15,21-25H/t21?,22-,23-,24-,25+,30?/m1/s1. The van der Waals surface area contributed by atoms with Gasteiger partial charge in [-0.2, -0.15) is 0 Å². The van der Waals surface area contributed by atoms with E-state index in [4.69, 9.17) is 0 Å². The summed E-state index contributed by atoms with van der Waals surface area (Å²) in [5.74, 6) is -7.40. The van der Waals surface area contributed by atoms with Crippen molar-refractivity contribution in [2.45, 2.75) is 5.41 Å². The predicted molar refractivity (Wildman–Crippen MR) is 146 cm³/mol. The number of carbonyl (C=O) groups is 4. The Kier molecular flexibility index (Phi) is 5.29. The van der Waals surface area contributed by atoms with E-state index in [0.717, 1.165) is 21.9 Å². The summed E-state index contributed by atoms with van der Waals surface area (Å²) >= 11 is 0. The maximum absolute atomic E-state index is 14.3. The molecule has 208 valence electrons. The van der Waals surface area contributed by atoms with Crippen LogP contribution in [0.5, 0.6) is 0 Å². The third-order valence-corrected chi connectivity index (χ3v) is 9.03. The predicted octanol–water partition coefficient (Wildman–Crippen LogP) is 3.55. The van der Waals surface area contributed by atoms with Crippen LogP contribution in [0.15, 0.2) is 91.0 Å². The highest BCUT2D eigenvalue weighted by atomic mass is 16.6. The number of carbonyl (C=O) groups excluding carboxylic acids is 4. The number of hydrogen-bond acceptors (Lipinski definition) is 8. The van der Waals surface area contributed by atoms with Gasteiger partial charge in [0.15, 0.2) is 0 Å². The van der Waals surface area contributed by atoms with Crippen LogP contribution in [0, 0.1) is 49.8 Å². The van der Waals surface area contributed by atoms with Crippen LogP contribution in [-0.2, 0) is 24.6 Å². The molecular weight excluding hydrogens is 544 g/mol. The van der Waals surface area contributed by atoms with E-state index in [-0.39, 0.29) is 22.7 Å². The van der Waals surface area contributed by atoms with Crippen molar-refractivity contribution in [2.24, 2.45) is 29.6 Å². The summed E-state index contributed by atoms with van der Waals surface area (Å²) < 4.78 is 0. The Hall–Kier alpha value is -5.52. The molecule has 5 aliphatic rings. The van der Waals surface area contributed by atoms with Crippen LogP contribution in [0.3, 0.4) is 0 Å². The number of allylic oxidation sites excluding steroid dienone is 2. The summed E-state index contributed by atoms with van der Waals surface area (Å²) in [6.45, 7) is 0. The van der Waals surface area contributed by atoms with E-state index in [1.54, 1.807) is 42.5 Å². The summed E-state index contributed by atoms with van der Waals surface area (Å²) in [6.07, 6.45) is 3.47. The molecule has 3 aliphatic carbocycles. The second-order valence-corrected chi connectivity index (χ2v) is 10.8. The lowest BCUT2D eigenvalue weighted by Crippen LogP contribution is -2.60. The normalized spacial score (nSPS) is 29.2. The molecule has 4 amide bonds. The fourth-order valence-electron chi connectivity index (χ4n) is 7.48. The zero-order chi connectivity index (χ0) is 29.5. The molecule has 3 aromatic rings. The van der Waals surface area contributed by atoms with Gasteiger partial charge >= 0.3 is 0 Å². The molecule has 8 rings (SSSR count). The first kappa shape index (κ1) is 25.4. The van der Waals surface area contributed by atoms with Gasteiger partial charge in [-0.3, -0.25) is 39.4 Å². The number of imide groups is 2. The number of nitrogens with zero attached hydrogens (tertiary/aromatic N) is 4. The summed E-state index contributed by atoms with van der Waals surface area (Å²) in [4.78, 5) is 80.1. The monoisotopic (exact) mass is 564 g/mol. The quantitative estimate of drug-likeness (QED) is 0.197. The molecule has 12 heteroatoms. The maximum Gasteiger partial charge on any atom is 0.271 e. The third-order valence-electron chi connectivity index (χ3n) is 9.03. The molecule has 1 saturated carbocycles. The van der Waals surface area contributed by atoms with Crippen LogP contribution in [0.4, 0.5) is 22.7 Å². The zero-order valence-corrected chi connectivity index (χ0v) is 21.6. The number of nitro groups is 2. The highest BCUT2D eigenvalue weighted by molar-refractivity contribution is 6.27. The first-order valence-corrected chi connectivity index (χ1v) is 13.2. The smallest absolute Gasteiger partial charge is 0.271 e. The average molecular weight is 565 g/mol. The first-order chi connectivity index (χ1) is 20.2. The molecule has 6 atom stereocenters. The summed E-state index contributed by atoms with van der Waals surface area (Å²) in [7, 11) is 0. The van der Waals surface area contributed by atoms with E-state index < -0.39 is 68.5 Å². The molecule has 0 aromatic heterocycles. The van der Waals surface area contributed by atoms with Gasteiger partial charge in [0.1, 0.15) is 0 Å². The van der Waals surface area contributed by atoms with Gasteiger partial charge in [-0.05, 0) is 17.7 Å². The van der Waals surface area contributed by atoms with Crippen molar-refractivity contribution in [3.63, 3.8) is 0 Å². The molecule has 2 unspecified atom stereocenters. The van der Waals surface area contributed by atoms with Crippen LogP contribution in [-0.4, -0.2) is 33.5 Å². The van der Waals surface area contributed by atoms with Gasteiger partial charge in [0, 0.05) is 35.6 Å². The van der Waals surface area contributed by atoms with Gasteiger partial charge in [-0.25, -0.2) is 9.80 Å². The fraction of sp³-hybridized carbons (Fsp3) is 0.200. The topological polar surface area (TPSA) is 161 Å². The van der Waals surface area contributed by atoms with Crippen molar-refractivity contribution < 1.29 is 29.0 Å². The molecule has 2 heterocycles. The number of hydrogen-bond donors (Lipinski definition) is 0. The Morgan fingerprint density at radius 3 is 1.55 bits per heavy atom. The maximum atomic E-state index is 14.3. The second-order valence-electron chi connectivity index (χ2n) is 10.8. The lowest BCUT2D eigenvalue weighted by molar-refractivity contribution is -0.385. The lowest BCUT2D eigenvalue weighted by Gasteiger charge is -2.53. The van der Waals surface area contributed by atoms with Crippen molar-refractivity contribution in [2.75, 3.05) is 9.80 Å². The Morgan fingerprint density at radius 1 is 0.619 bits per heavy atom. The largest absolute Gasteiger partial charge is 0.274 e. The van der Waals surface area contributed by atoms with Gasteiger partial charge < -0.3 is 0 Å². The van der Waals surface area contributed by atoms with Gasteiger partial charge in [0.2, 0.25) is 23.6 Å². The molecule has 12 nitrogen and oxygen atoms in total. The number of non-ortho nitro benzene ring substituents is 2. The van der Waals surface area contributed by atoms with Crippen LogP contribution < -0.4 is 9.80 Å². The molecule has 0 spiro atoms. The molecule has 0 radical (unpaired) electrons. The van der Waals surface area contributed by atoms with Crippen molar-refractivity contribution in [3.05, 3.63) is 117 Å². The molecular formula is C30H20N4O8. The minimum Gasteiger partial charge on any atom is -0.274 e. The number of amides is 4. The van der Waals surface area contributed by atoms with Crippen molar-refractivity contribution >= 4 is 46.4 Å². The summed E-state index contributed by atoms with van der Waals surface area (Å²) in [5, 5.41) is 22.9. The molecule has 2 bridgehead atoms. The van der Waals surface area contributed by atoms with E-state index in [9.17, 15) is 39.4 Å². The van der Waals surface area contributed by atoms with Gasteiger partial charge in [0.25, 0.3) is 11.4 Å². The van der Waals surface area contributed by atoms with Crippen LogP contribution >= 0.6 is 0 Å². The highest BCUT2D eigenvalue weighted by Gasteiger charge is 2.75. The first-order valence-electron chi connectivity index (χ1n) is 13.2. The third kappa shape index (κ3) is 3.17. The van der Waals surface area contributed by atoms with Crippen molar-refractivity contribution in [1.29, 1.82) is 0 Å². The molecule has 42 heavy (non-hydrogen) atoms. The number of anilines is 2. The number of nitro benzene ring substituents is 2. The Labute approximate surface area is 237 Å². The molecule has 0 N–H and O–H groups in total. The Balaban J connectivity index is 1.40. The highest BCUT2D eigenvalue weighted by Crippen LogP contribution is 2.65. The number of benzene rings is 3. The van der Waals surface area contributed by atoms with Gasteiger partial charge in [0.05, 0.1) is 44.9 Å². The lowest BCUT2D eigenvalue weighted by atomic mass is 9.45.